The molecule has 3 fully saturated rings. The molecule has 3 aliphatic rings. The highest BCUT2D eigenvalue weighted by Crippen LogP contribution is 2.60. The number of aliphatic hydroxyl groups is 1. The van der Waals surface area contributed by atoms with Gasteiger partial charge in [-0.05, 0) is 31.9 Å². The van der Waals surface area contributed by atoms with Crippen LogP contribution in [0.15, 0.2) is 30.3 Å². The summed E-state index contributed by atoms with van der Waals surface area (Å²) in [6.07, 6.45) is 2.82. The van der Waals surface area contributed by atoms with E-state index >= 15 is 0 Å². The number of likely N-dealkylation sites (tertiary alicyclic amines) is 1. The second-order valence-corrected chi connectivity index (χ2v) is 10.5. The van der Waals surface area contributed by atoms with Crippen molar-refractivity contribution in [3.05, 3.63) is 30.3 Å². The molecule has 33 heavy (non-hydrogen) atoms. The van der Waals surface area contributed by atoms with Crippen molar-refractivity contribution in [2.45, 2.75) is 68.1 Å². The number of ether oxygens (including phenoxy) is 1. The lowest BCUT2D eigenvalue weighted by Gasteiger charge is -2.35. The normalized spacial score (nSPS) is 33.2. The van der Waals surface area contributed by atoms with Crippen molar-refractivity contribution < 1.29 is 24.2 Å². The van der Waals surface area contributed by atoms with Crippen LogP contribution in [-0.2, 0) is 19.1 Å². The molecule has 3 aliphatic heterocycles. The van der Waals surface area contributed by atoms with Crippen LogP contribution in [0.1, 0.15) is 39.5 Å². The first-order valence-corrected chi connectivity index (χ1v) is 12.7. The first kappa shape index (κ1) is 24.2. The van der Waals surface area contributed by atoms with Crippen molar-refractivity contribution in [3.8, 4) is 0 Å². The number of alkyl halides is 1. The number of nitrogens with one attached hydrogen (secondary N) is 2. The minimum atomic E-state index is -1.10. The van der Waals surface area contributed by atoms with Crippen molar-refractivity contribution in [1.29, 1.82) is 0 Å². The quantitative estimate of drug-likeness (QED) is 0.340. The van der Waals surface area contributed by atoms with E-state index in [0.717, 1.165) is 19.3 Å². The Hall–Kier alpha value is -1.97. The highest BCUT2D eigenvalue weighted by atomic mass is 79.9. The summed E-state index contributed by atoms with van der Waals surface area (Å²) >= 11 is 3.65. The van der Waals surface area contributed by atoms with Crippen LogP contribution in [0.3, 0.4) is 0 Å². The molecule has 1 spiro atoms. The fourth-order valence-corrected chi connectivity index (χ4v) is 6.60. The fourth-order valence-electron chi connectivity index (χ4n) is 5.66. The standard InChI is InChI=1S/C24H32BrN3O5/c1-3-4-8-11-26-22(31)20-24-12-16(25)19(33-24)17(18(24)23(32)28(20)14(2)13-29)21(30)27-15-9-6-5-7-10-15/h5-7,9-10,14,16-20,29H,3-4,8,11-13H2,1-2H3,(H,26,31)(H,27,30)/t14-,16?,17+,18+,19+,20?,24?/m1/s1. The predicted molar refractivity (Wildman–Crippen MR) is 127 cm³/mol. The summed E-state index contributed by atoms with van der Waals surface area (Å²) in [5, 5.41) is 15.7. The summed E-state index contributed by atoms with van der Waals surface area (Å²) in [6, 6.07) is 7.62. The van der Waals surface area contributed by atoms with Gasteiger partial charge in [-0.15, -0.1) is 0 Å². The Bertz CT molecular complexity index is 899. The molecule has 9 heteroatoms. The maximum Gasteiger partial charge on any atom is 0.245 e. The number of carbonyl (C=O) groups excluding carboxylic acids is 3. The van der Waals surface area contributed by atoms with Gasteiger partial charge in [0.15, 0.2) is 0 Å². The number of para-hydroxylation sites is 1. The molecule has 0 aromatic heterocycles. The van der Waals surface area contributed by atoms with Crippen molar-refractivity contribution >= 4 is 39.3 Å². The van der Waals surface area contributed by atoms with E-state index in [2.05, 4.69) is 33.5 Å². The molecule has 3 N–H and O–H groups in total. The van der Waals surface area contributed by atoms with Crippen LogP contribution in [0.25, 0.3) is 0 Å². The summed E-state index contributed by atoms with van der Waals surface area (Å²) in [6.45, 7) is 4.03. The van der Waals surface area contributed by atoms with Gasteiger partial charge >= 0.3 is 0 Å². The number of unbranched alkanes of at least 4 members (excludes halogenated alkanes) is 2. The van der Waals surface area contributed by atoms with E-state index in [9.17, 15) is 19.5 Å². The largest absolute Gasteiger partial charge is 0.394 e. The van der Waals surface area contributed by atoms with Crippen molar-refractivity contribution in [2.24, 2.45) is 11.8 Å². The predicted octanol–water partition coefficient (Wildman–Crippen LogP) is 2.06. The maximum absolute atomic E-state index is 13.7. The molecular weight excluding hydrogens is 490 g/mol. The van der Waals surface area contributed by atoms with Crippen LogP contribution in [0.2, 0.25) is 0 Å². The third kappa shape index (κ3) is 4.08. The lowest BCUT2D eigenvalue weighted by Crippen LogP contribution is -2.57. The topological polar surface area (TPSA) is 108 Å². The average Bonchev–Trinajstić information content (AvgIpc) is 3.40. The molecule has 2 bridgehead atoms. The minimum absolute atomic E-state index is 0.159. The molecule has 8 nitrogen and oxygen atoms in total. The zero-order valence-electron chi connectivity index (χ0n) is 19.0. The lowest BCUT2D eigenvalue weighted by atomic mass is 9.70. The van der Waals surface area contributed by atoms with Gasteiger partial charge in [-0.25, -0.2) is 0 Å². The first-order chi connectivity index (χ1) is 15.9. The Morgan fingerprint density at radius 1 is 1.27 bits per heavy atom. The van der Waals surface area contributed by atoms with E-state index in [-0.39, 0.29) is 29.2 Å². The Labute approximate surface area is 202 Å². The van der Waals surface area contributed by atoms with E-state index < -0.39 is 35.6 Å². The number of nitrogens with zero attached hydrogens (tertiary/aromatic N) is 1. The van der Waals surface area contributed by atoms with Gasteiger partial charge in [0, 0.05) is 17.1 Å². The van der Waals surface area contributed by atoms with Crippen molar-refractivity contribution in [2.75, 3.05) is 18.5 Å². The SMILES string of the molecule is CCCCCNC(=O)C1N([C@H](C)CO)C(=O)[C@@H]2[C@H](C(=O)Nc3ccccc3)[C@H]3OC12CC3Br. The van der Waals surface area contributed by atoms with Gasteiger partial charge < -0.3 is 25.4 Å². The van der Waals surface area contributed by atoms with Crippen LogP contribution in [0, 0.1) is 11.8 Å². The van der Waals surface area contributed by atoms with E-state index in [1.54, 1.807) is 19.1 Å². The fraction of sp³-hybridized carbons (Fsp3) is 0.625. The molecule has 1 aromatic carbocycles. The van der Waals surface area contributed by atoms with Crippen LogP contribution in [0.5, 0.6) is 0 Å². The van der Waals surface area contributed by atoms with Gasteiger partial charge in [0.25, 0.3) is 0 Å². The van der Waals surface area contributed by atoms with Gasteiger partial charge in [0.2, 0.25) is 17.7 Å². The minimum Gasteiger partial charge on any atom is -0.394 e. The van der Waals surface area contributed by atoms with Gasteiger partial charge in [-0.2, -0.15) is 0 Å². The van der Waals surface area contributed by atoms with Crippen LogP contribution >= 0.6 is 15.9 Å². The monoisotopic (exact) mass is 521 g/mol. The molecule has 7 atom stereocenters. The number of carbonyl (C=O) groups is 3. The molecule has 0 radical (unpaired) electrons. The molecular formula is C24H32BrN3O5. The van der Waals surface area contributed by atoms with Crippen LogP contribution < -0.4 is 10.6 Å². The lowest BCUT2D eigenvalue weighted by molar-refractivity contribution is -0.144. The zero-order valence-corrected chi connectivity index (χ0v) is 20.6. The molecule has 1 aromatic rings. The molecule has 4 rings (SSSR count). The van der Waals surface area contributed by atoms with E-state index in [0.29, 0.717) is 18.7 Å². The maximum atomic E-state index is 13.7. The number of amides is 3. The Morgan fingerprint density at radius 2 is 2.00 bits per heavy atom. The molecule has 0 aliphatic carbocycles. The van der Waals surface area contributed by atoms with Gasteiger partial charge in [0.1, 0.15) is 11.6 Å². The van der Waals surface area contributed by atoms with E-state index in [4.69, 9.17) is 4.74 Å². The first-order valence-electron chi connectivity index (χ1n) is 11.7. The number of rotatable bonds is 9. The molecule has 0 saturated carbocycles. The molecule has 3 saturated heterocycles. The summed E-state index contributed by atoms with van der Waals surface area (Å²) in [5.74, 6) is -2.40. The molecule has 3 unspecified atom stereocenters. The number of fused-ring (bicyclic) bond motifs is 1. The molecule has 3 heterocycles. The highest BCUT2D eigenvalue weighted by Gasteiger charge is 2.76. The van der Waals surface area contributed by atoms with Crippen LogP contribution in [-0.4, -0.2) is 69.5 Å². The van der Waals surface area contributed by atoms with Gasteiger partial charge in [-0.1, -0.05) is 53.9 Å². The van der Waals surface area contributed by atoms with Crippen LogP contribution in [0.4, 0.5) is 5.69 Å². The molecule has 3 amide bonds. The van der Waals surface area contributed by atoms with E-state index in [1.807, 2.05) is 18.2 Å². The second kappa shape index (κ2) is 9.72. The Balaban J connectivity index is 1.65. The van der Waals surface area contributed by atoms with Crippen molar-refractivity contribution in [3.63, 3.8) is 0 Å². The third-order valence-corrected chi connectivity index (χ3v) is 7.98. The number of benzene rings is 1. The summed E-state index contributed by atoms with van der Waals surface area (Å²) in [5.41, 5.74) is -0.464. The van der Waals surface area contributed by atoms with Gasteiger partial charge in [-0.3, -0.25) is 14.4 Å². The smallest absolute Gasteiger partial charge is 0.245 e. The number of hydrogen-bond acceptors (Lipinski definition) is 5. The zero-order chi connectivity index (χ0) is 23.8. The average molecular weight is 522 g/mol. The van der Waals surface area contributed by atoms with Gasteiger partial charge in [0.05, 0.1) is 30.6 Å². The Morgan fingerprint density at radius 3 is 2.67 bits per heavy atom. The summed E-state index contributed by atoms with van der Waals surface area (Å²) in [7, 11) is 0. The summed E-state index contributed by atoms with van der Waals surface area (Å²) < 4.78 is 6.41. The number of hydrogen-bond donors (Lipinski definition) is 3. The third-order valence-electron chi connectivity index (χ3n) is 7.14. The Kier molecular flexibility index (Phi) is 7.12. The molecule has 180 valence electrons. The van der Waals surface area contributed by atoms with Crippen molar-refractivity contribution in [1.82, 2.24) is 10.2 Å². The second-order valence-electron chi connectivity index (χ2n) is 9.29. The highest BCUT2D eigenvalue weighted by molar-refractivity contribution is 9.09. The van der Waals surface area contributed by atoms with E-state index in [1.165, 1.54) is 4.90 Å². The number of halogens is 1. The number of aliphatic hydroxyl groups excluding tert-OH is 1. The summed E-state index contributed by atoms with van der Waals surface area (Å²) in [4.78, 5) is 41.8. The number of anilines is 1.